The third-order valence-electron chi connectivity index (χ3n) is 2.82. The Morgan fingerprint density at radius 2 is 2.06 bits per heavy atom. The molecule has 0 aromatic rings. The molecular formula is C11H23ClN2OS. The number of hydrogen-bond donors (Lipinski definition) is 1. The molecule has 1 saturated heterocycles. The number of nitrogens with one attached hydrogen (secondary N) is 1. The highest BCUT2D eigenvalue weighted by Gasteiger charge is 2.21. The van der Waals surface area contributed by atoms with Gasteiger partial charge in [0, 0.05) is 13.1 Å². The highest BCUT2D eigenvalue weighted by atomic mass is 35.5. The Bertz CT molecular complexity index is 198. The Morgan fingerprint density at radius 1 is 1.44 bits per heavy atom. The van der Waals surface area contributed by atoms with Crippen LogP contribution in [0.4, 0.5) is 0 Å². The second-order valence-corrected chi connectivity index (χ2v) is 5.14. The molecule has 0 saturated carbocycles. The van der Waals surface area contributed by atoms with E-state index in [4.69, 9.17) is 0 Å². The summed E-state index contributed by atoms with van der Waals surface area (Å²) in [5.41, 5.74) is 0. The van der Waals surface area contributed by atoms with E-state index in [-0.39, 0.29) is 12.4 Å². The van der Waals surface area contributed by atoms with Crippen LogP contribution >= 0.6 is 24.2 Å². The average Bonchev–Trinajstić information content (AvgIpc) is 2.29. The molecule has 16 heavy (non-hydrogen) atoms. The molecule has 0 aromatic heterocycles. The predicted octanol–water partition coefficient (Wildman–Crippen LogP) is 1.76. The largest absolute Gasteiger partial charge is 0.342 e. The summed E-state index contributed by atoms with van der Waals surface area (Å²) in [6.07, 6.45) is 3.34. The third-order valence-corrected chi connectivity index (χ3v) is 3.97. The van der Waals surface area contributed by atoms with Gasteiger partial charge in [-0.3, -0.25) is 4.79 Å². The van der Waals surface area contributed by atoms with Crippen molar-refractivity contribution in [2.75, 3.05) is 31.6 Å². The van der Waals surface area contributed by atoms with Crippen LogP contribution in [0, 0.1) is 0 Å². The minimum absolute atomic E-state index is 0. The van der Waals surface area contributed by atoms with Gasteiger partial charge in [-0.1, -0.05) is 6.92 Å². The normalized spacial score (nSPS) is 16.6. The molecule has 0 unspecified atom stereocenters. The summed E-state index contributed by atoms with van der Waals surface area (Å²) < 4.78 is 0. The van der Waals surface area contributed by atoms with Crippen LogP contribution in [0.25, 0.3) is 0 Å². The first-order valence-corrected chi connectivity index (χ1v) is 6.95. The van der Waals surface area contributed by atoms with Crippen molar-refractivity contribution in [3.63, 3.8) is 0 Å². The first-order chi connectivity index (χ1) is 7.25. The third kappa shape index (κ3) is 5.41. The molecule has 1 rings (SSSR count). The van der Waals surface area contributed by atoms with Crippen LogP contribution in [-0.4, -0.2) is 48.5 Å². The number of carbonyl (C=O) groups excluding carboxylic acids is 1. The molecule has 1 fully saturated rings. The number of halogens is 1. The number of rotatable bonds is 5. The number of nitrogens with zero attached hydrogens (tertiary/aromatic N) is 1. The maximum absolute atomic E-state index is 11.8. The molecule has 0 aromatic carbocycles. The predicted molar refractivity (Wildman–Crippen MR) is 73.5 cm³/mol. The van der Waals surface area contributed by atoms with Crippen LogP contribution in [0.5, 0.6) is 0 Å². The highest BCUT2D eigenvalue weighted by molar-refractivity contribution is 7.99. The van der Waals surface area contributed by atoms with Crippen molar-refractivity contribution in [1.82, 2.24) is 10.2 Å². The van der Waals surface area contributed by atoms with Crippen molar-refractivity contribution in [3.05, 3.63) is 0 Å². The van der Waals surface area contributed by atoms with Crippen molar-refractivity contribution in [2.45, 2.75) is 32.2 Å². The zero-order valence-electron chi connectivity index (χ0n) is 10.2. The monoisotopic (exact) mass is 266 g/mol. The number of carbonyl (C=O) groups is 1. The maximum Gasteiger partial charge on any atom is 0.232 e. The van der Waals surface area contributed by atoms with Crippen LogP contribution in [-0.2, 0) is 4.79 Å². The number of piperidine rings is 1. The zero-order valence-corrected chi connectivity index (χ0v) is 11.8. The fourth-order valence-electron chi connectivity index (χ4n) is 1.80. The van der Waals surface area contributed by atoms with Crippen LogP contribution in [0.15, 0.2) is 0 Å². The Morgan fingerprint density at radius 3 is 2.62 bits per heavy atom. The summed E-state index contributed by atoms with van der Waals surface area (Å²) in [7, 11) is 1.95. The Kier molecular flexibility index (Phi) is 9.18. The molecule has 0 atom stereocenters. The molecule has 96 valence electrons. The summed E-state index contributed by atoms with van der Waals surface area (Å²) in [4.78, 5) is 13.7. The summed E-state index contributed by atoms with van der Waals surface area (Å²) >= 11 is 1.75. The lowest BCUT2D eigenvalue weighted by Crippen LogP contribution is -2.44. The maximum atomic E-state index is 11.8. The van der Waals surface area contributed by atoms with Crippen molar-refractivity contribution in [2.24, 2.45) is 0 Å². The zero-order chi connectivity index (χ0) is 11.1. The van der Waals surface area contributed by atoms with Gasteiger partial charge in [0.1, 0.15) is 0 Å². The first kappa shape index (κ1) is 16.1. The van der Waals surface area contributed by atoms with E-state index in [1.807, 2.05) is 11.9 Å². The molecule has 0 radical (unpaired) electrons. The van der Waals surface area contributed by atoms with Gasteiger partial charge in [0.05, 0.1) is 5.75 Å². The smallest absolute Gasteiger partial charge is 0.232 e. The van der Waals surface area contributed by atoms with Gasteiger partial charge in [0.15, 0.2) is 0 Å². The lowest BCUT2D eigenvalue weighted by molar-refractivity contribution is -0.129. The molecule has 0 bridgehead atoms. The summed E-state index contributed by atoms with van der Waals surface area (Å²) in [5, 5.41) is 3.32. The Labute approximate surface area is 109 Å². The van der Waals surface area contributed by atoms with Gasteiger partial charge < -0.3 is 10.2 Å². The van der Waals surface area contributed by atoms with Crippen molar-refractivity contribution >= 4 is 30.1 Å². The molecule has 1 amide bonds. The molecule has 5 heteroatoms. The average molecular weight is 267 g/mol. The van der Waals surface area contributed by atoms with Crippen molar-refractivity contribution < 1.29 is 4.79 Å². The van der Waals surface area contributed by atoms with E-state index in [1.54, 1.807) is 11.8 Å². The van der Waals surface area contributed by atoms with Crippen molar-refractivity contribution in [3.8, 4) is 0 Å². The van der Waals surface area contributed by atoms with Crippen LogP contribution in [0.3, 0.4) is 0 Å². The van der Waals surface area contributed by atoms with E-state index < -0.39 is 0 Å². The minimum Gasteiger partial charge on any atom is -0.342 e. The molecule has 0 aliphatic carbocycles. The van der Waals surface area contributed by atoms with E-state index in [0.717, 1.165) is 38.1 Å². The van der Waals surface area contributed by atoms with Crippen LogP contribution < -0.4 is 5.32 Å². The summed E-state index contributed by atoms with van der Waals surface area (Å²) in [6, 6.07) is 0.459. The van der Waals surface area contributed by atoms with Crippen molar-refractivity contribution in [1.29, 1.82) is 0 Å². The second kappa shape index (κ2) is 9.14. The van der Waals surface area contributed by atoms with Gasteiger partial charge in [-0.2, -0.15) is 11.8 Å². The molecule has 1 heterocycles. The van der Waals surface area contributed by atoms with Crippen LogP contribution in [0.2, 0.25) is 0 Å². The van der Waals surface area contributed by atoms with E-state index in [1.165, 1.54) is 0 Å². The van der Waals surface area contributed by atoms with Gasteiger partial charge in [-0.15, -0.1) is 12.4 Å². The molecular weight excluding hydrogens is 244 g/mol. The van der Waals surface area contributed by atoms with E-state index in [0.29, 0.717) is 17.7 Å². The van der Waals surface area contributed by atoms with Gasteiger partial charge in [0.2, 0.25) is 5.91 Å². The van der Waals surface area contributed by atoms with E-state index >= 15 is 0 Å². The van der Waals surface area contributed by atoms with Gasteiger partial charge in [0.25, 0.3) is 0 Å². The lowest BCUT2D eigenvalue weighted by atomic mass is 10.1. The Hall–Kier alpha value is 0.0700. The van der Waals surface area contributed by atoms with E-state index in [9.17, 15) is 4.79 Å². The fourth-order valence-corrected chi connectivity index (χ4v) is 2.61. The summed E-state index contributed by atoms with van der Waals surface area (Å²) in [6.45, 7) is 4.24. The quantitative estimate of drug-likeness (QED) is 0.770. The lowest BCUT2D eigenvalue weighted by Gasteiger charge is -2.31. The minimum atomic E-state index is 0. The molecule has 0 spiro atoms. The second-order valence-electron chi connectivity index (χ2n) is 4.04. The molecule has 1 N–H and O–H groups in total. The van der Waals surface area contributed by atoms with Gasteiger partial charge >= 0.3 is 0 Å². The fraction of sp³-hybridized carbons (Fsp3) is 0.909. The molecule has 1 aliphatic rings. The van der Waals surface area contributed by atoms with Gasteiger partial charge in [-0.05, 0) is 38.1 Å². The molecule has 1 aliphatic heterocycles. The summed E-state index contributed by atoms with van der Waals surface area (Å²) in [5.74, 6) is 2.03. The topological polar surface area (TPSA) is 32.3 Å². The SMILES string of the molecule is CCCSCC(=O)N(C)C1CCNCC1.Cl. The number of amides is 1. The molecule has 3 nitrogen and oxygen atoms in total. The highest BCUT2D eigenvalue weighted by Crippen LogP contribution is 2.12. The Balaban J connectivity index is 0.00000225. The van der Waals surface area contributed by atoms with Gasteiger partial charge in [-0.25, -0.2) is 0 Å². The number of thioether (sulfide) groups is 1. The van der Waals surface area contributed by atoms with E-state index in [2.05, 4.69) is 12.2 Å². The standard InChI is InChI=1S/C11H22N2OS.ClH/c1-3-8-15-9-11(14)13(2)10-4-6-12-7-5-10;/h10,12H,3-9H2,1-2H3;1H. The first-order valence-electron chi connectivity index (χ1n) is 5.79. The van der Waals surface area contributed by atoms with Crippen LogP contribution in [0.1, 0.15) is 26.2 Å². The number of hydrogen-bond acceptors (Lipinski definition) is 3.